The van der Waals surface area contributed by atoms with Gasteiger partial charge in [-0.2, -0.15) is 5.10 Å². The van der Waals surface area contributed by atoms with Crippen LogP contribution in [0.3, 0.4) is 0 Å². The molecular weight excluding hydrogens is 480 g/mol. The van der Waals surface area contributed by atoms with Crippen LogP contribution in [0.25, 0.3) is 34.2 Å². The lowest BCUT2D eigenvalue weighted by Crippen LogP contribution is -2.22. The lowest BCUT2D eigenvalue weighted by atomic mass is 9.99. The number of hydrogen-bond donors (Lipinski definition) is 0. The lowest BCUT2D eigenvalue weighted by molar-refractivity contribution is 0.0492. The summed E-state index contributed by atoms with van der Waals surface area (Å²) in [5.74, 6) is 1.28. The van der Waals surface area contributed by atoms with Gasteiger partial charge in [0, 0.05) is 27.2 Å². The molecule has 194 valence electrons. The summed E-state index contributed by atoms with van der Waals surface area (Å²) in [5, 5.41) is 6.03. The van der Waals surface area contributed by atoms with Crippen LogP contribution in [-0.2, 0) is 16.2 Å². The molecule has 1 aromatic heterocycles. The summed E-state index contributed by atoms with van der Waals surface area (Å²) >= 11 is 0. The fourth-order valence-corrected chi connectivity index (χ4v) is 4.82. The Kier molecular flexibility index (Phi) is 8.81. The van der Waals surface area contributed by atoms with Crippen LogP contribution in [0.2, 0.25) is 25.7 Å². The second-order valence-electron chi connectivity index (χ2n) is 10.1. The Bertz CT molecular complexity index is 1340. The maximum absolute atomic E-state index is 6.08. The molecule has 7 heteroatoms. The summed E-state index contributed by atoms with van der Waals surface area (Å²) in [6.07, 6.45) is 4.17. The van der Waals surface area contributed by atoms with Gasteiger partial charge in [-0.15, -0.1) is 0 Å². The number of ether oxygens (including phenoxy) is 4. The van der Waals surface area contributed by atoms with E-state index in [0.717, 1.165) is 45.9 Å². The first-order valence-electron chi connectivity index (χ1n) is 12.5. The van der Waals surface area contributed by atoms with E-state index in [4.69, 9.17) is 24.0 Å². The average Bonchev–Trinajstić information content (AvgIpc) is 3.26. The number of methoxy groups -OCH3 is 2. The average molecular weight is 517 g/mol. The van der Waals surface area contributed by atoms with E-state index < -0.39 is 8.07 Å². The van der Waals surface area contributed by atoms with Crippen molar-refractivity contribution < 1.29 is 18.9 Å². The first-order chi connectivity index (χ1) is 17.9. The quantitative estimate of drug-likeness (QED) is 0.113. The lowest BCUT2D eigenvalue weighted by Gasteiger charge is -2.15. The summed E-state index contributed by atoms with van der Waals surface area (Å²) in [4.78, 5) is 0. The number of aromatic nitrogens is 2. The van der Waals surface area contributed by atoms with Gasteiger partial charge in [0.05, 0.1) is 18.3 Å². The maximum Gasteiger partial charge on any atom is 0.188 e. The van der Waals surface area contributed by atoms with E-state index in [1.165, 1.54) is 0 Å². The van der Waals surface area contributed by atoms with Crippen LogP contribution < -0.4 is 9.47 Å². The molecule has 0 fully saturated rings. The van der Waals surface area contributed by atoms with Crippen molar-refractivity contribution in [2.45, 2.75) is 32.4 Å². The minimum absolute atomic E-state index is 0.157. The van der Waals surface area contributed by atoms with Gasteiger partial charge in [-0.3, -0.25) is 0 Å². The molecule has 0 unspecified atom stereocenters. The molecule has 0 atom stereocenters. The summed E-state index contributed by atoms with van der Waals surface area (Å²) in [6.45, 7) is 8.39. The number of nitrogens with zero attached hydrogens (tertiary/aromatic N) is 2. The topological polar surface area (TPSA) is 54.7 Å². The van der Waals surface area contributed by atoms with E-state index in [0.29, 0.717) is 18.2 Å². The summed E-state index contributed by atoms with van der Waals surface area (Å²) < 4.78 is 24.4. The highest BCUT2D eigenvalue weighted by Crippen LogP contribution is 2.37. The van der Waals surface area contributed by atoms with Gasteiger partial charge in [0.1, 0.15) is 6.73 Å². The molecule has 3 aromatic carbocycles. The SMILES string of the molecule is COCOc1ccc(-c2cccc3c2c(C=Cc2ccccc2)nn3COCC[Si](C)(C)C)cc1OC. The maximum atomic E-state index is 6.08. The standard InChI is InChI=1S/C30H36N2O4Si/c1-33-22-36-28-17-15-24(20-29(28)34-2)25-12-9-13-27-30(25)26(16-14-23-10-7-6-8-11-23)31-32(27)21-35-18-19-37(3,4)5/h6-17,20H,18-19,21-22H2,1-5H3. The monoisotopic (exact) mass is 516 g/mol. The zero-order valence-electron chi connectivity index (χ0n) is 22.4. The molecule has 0 radical (unpaired) electrons. The van der Waals surface area contributed by atoms with Crippen molar-refractivity contribution >= 4 is 31.1 Å². The van der Waals surface area contributed by atoms with Crippen molar-refractivity contribution in [3.8, 4) is 22.6 Å². The molecule has 6 nitrogen and oxygen atoms in total. The predicted octanol–water partition coefficient (Wildman–Crippen LogP) is 7.18. The molecule has 0 aliphatic heterocycles. The van der Waals surface area contributed by atoms with Crippen LogP contribution in [0.4, 0.5) is 0 Å². The molecule has 0 saturated heterocycles. The Morgan fingerprint density at radius 3 is 2.43 bits per heavy atom. The van der Waals surface area contributed by atoms with Crippen molar-refractivity contribution in [1.29, 1.82) is 0 Å². The normalized spacial score (nSPS) is 11.9. The Labute approximate surface area is 220 Å². The zero-order chi connectivity index (χ0) is 26.3. The molecule has 4 aromatic rings. The Morgan fingerprint density at radius 1 is 0.892 bits per heavy atom. The Hall–Kier alpha value is -3.39. The predicted molar refractivity (Wildman–Crippen MR) is 154 cm³/mol. The van der Waals surface area contributed by atoms with Crippen molar-refractivity contribution in [1.82, 2.24) is 9.78 Å². The molecule has 0 aliphatic rings. The summed E-state index contributed by atoms with van der Waals surface area (Å²) in [5.41, 5.74) is 5.12. The van der Waals surface area contributed by atoms with Crippen molar-refractivity contribution in [2.75, 3.05) is 27.6 Å². The Morgan fingerprint density at radius 2 is 1.70 bits per heavy atom. The van der Waals surface area contributed by atoms with Crippen molar-refractivity contribution in [2.24, 2.45) is 0 Å². The van der Waals surface area contributed by atoms with E-state index >= 15 is 0 Å². The van der Waals surface area contributed by atoms with E-state index in [-0.39, 0.29) is 6.79 Å². The van der Waals surface area contributed by atoms with Gasteiger partial charge in [-0.25, -0.2) is 4.68 Å². The molecule has 0 saturated carbocycles. The molecule has 0 N–H and O–H groups in total. The van der Waals surface area contributed by atoms with E-state index in [9.17, 15) is 0 Å². The second-order valence-corrected chi connectivity index (χ2v) is 15.7. The van der Waals surface area contributed by atoms with Crippen LogP contribution in [0, 0.1) is 0 Å². The van der Waals surface area contributed by atoms with E-state index in [1.807, 2.05) is 41.1 Å². The van der Waals surface area contributed by atoms with Gasteiger partial charge >= 0.3 is 0 Å². The number of hydrogen-bond acceptors (Lipinski definition) is 5. The van der Waals surface area contributed by atoms with Crippen LogP contribution >= 0.6 is 0 Å². The third-order valence-electron chi connectivity index (χ3n) is 6.06. The van der Waals surface area contributed by atoms with Crippen LogP contribution in [0.5, 0.6) is 11.5 Å². The zero-order valence-corrected chi connectivity index (χ0v) is 23.4. The highest BCUT2D eigenvalue weighted by molar-refractivity contribution is 6.76. The third-order valence-corrected chi connectivity index (χ3v) is 7.76. The number of fused-ring (bicyclic) bond motifs is 1. The fourth-order valence-electron chi connectivity index (χ4n) is 4.06. The molecule has 0 amide bonds. The van der Waals surface area contributed by atoms with E-state index in [2.05, 4.69) is 62.1 Å². The highest BCUT2D eigenvalue weighted by Gasteiger charge is 2.17. The third kappa shape index (κ3) is 6.89. The molecule has 4 rings (SSSR count). The molecule has 1 heterocycles. The Balaban J connectivity index is 1.75. The molecular formula is C30H36N2O4Si. The molecule has 0 aliphatic carbocycles. The van der Waals surface area contributed by atoms with E-state index in [1.54, 1.807) is 14.2 Å². The summed E-state index contributed by atoms with van der Waals surface area (Å²) in [6, 6.07) is 23.6. The van der Waals surface area contributed by atoms with Crippen molar-refractivity contribution in [3.63, 3.8) is 0 Å². The molecule has 0 bridgehead atoms. The minimum atomic E-state index is -1.17. The van der Waals surface area contributed by atoms with Gasteiger partial charge in [-0.05, 0) is 47.0 Å². The molecule has 37 heavy (non-hydrogen) atoms. The first-order valence-corrected chi connectivity index (χ1v) is 16.2. The summed E-state index contributed by atoms with van der Waals surface area (Å²) in [7, 11) is 2.07. The van der Waals surface area contributed by atoms with Crippen LogP contribution in [0.1, 0.15) is 11.3 Å². The first kappa shape index (κ1) is 26.7. The van der Waals surface area contributed by atoms with Crippen LogP contribution in [-0.4, -0.2) is 45.5 Å². The van der Waals surface area contributed by atoms with Gasteiger partial charge in [0.2, 0.25) is 0 Å². The van der Waals surface area contributed by atoms with Gasteiger partial charge in [0.25, 0.3) is 0 Å². The smallest absolute Gasteiger partial charge is 0.188 e. The largest absolute Gasteiger partial charge is 0.493 e. The van der Waals surface area contributed by atoms with Crippen LogP contribution in [0.15, 0.2) is 66.7 Å². The van der Waals surface area contributed by atoms with Gasteiger partial charge in [0.15, 0.2) is 18.3 Å². The van der Waals surface area contributed by atoms with Gasteiger partial charge in [-0.1, -0.05) is 74.2 Å². The van der Waals surface area contributed by atoms with Crippen molar-refractivity contribution in [3.05, 3.63) is 78.0 Å². The molecule has 0 spiro atoms. The highest BCUT2D eigenvalue weighted by atomic mass is 28.3. The number of rotatable bonds is 12. The fraction of sp³-hybridized carbons (Fsp3) is 0.300. The second kappa shape index (κ2) is 12.2. The van der Waals surface area contributed by atoms with Gasteiger partial charge < -0.3 is 18.9 Å². The number of benzene rings is 3. The minimum Gasteiger partial charge on any atom is -0.493 e.